The van der Waals surface area contributed by atoms with Crippen molar-refractivity contribution in [2.24, 2.45) is 4.99 Å². The molecule has 0 radical (unpaired) electrons. The molecule has 2 aromatic carbocycles. The van der Waals surface area contributed by atoms with Crippen LogP contribution in [0.1, 0.15) is 30.5 Å². The topological polar surface area (TPSA) is 69.4 Å². The molecule has 0 aromatic heterocycles. The van der Waals surface area contributed by atoms with Gasteiger partial charge in [0.05, 0.1) is 24.8 Å². The maximum Gasteiger partial charge on any atom is 0.191 e. The van der Waals surface area contributed by atoms with Crippen molar-refractivity contribution in [1.29, 1.82) is 5.26 Å². The van der Waals surface area contributed by atoms with Gasteiger partial charge < -0.3 is 15.4 Å². The average Bonchev–Trinajstić information content (AvgIpc) is 2.65. The maximum atomic E-state index is 8.98. The highest BCUT2D eigenvalue weighted by atomic mass is 127. The molecule has 0 unspecified atom stereocenters. The molecule has 0 fully saturated rings. The first-order valence-corrected chi connectivity index (χ1v) is 8.48. The highest BCUT2D eigenvalue weighted by Crippen LogP contribution is 2.17. The molecule has 138 valence electrons. The van der Waals surface area contributed by atoms with Crippen LogP contribution >= 0.6 is 24.0 Å². The second-order valence-electron chi connectivity index (χ2n) is 5.40. The molecule has 0 saturated heterocycles. The molecule has 2 rings (SSSR count). The number of para-hydroxylation sites is 1. The predicted molar refractivity (Wildman–Crippen MR) is 116 cm³/mol. The van der Waals surface area contributed by atoms with E-state index >= 15 is 0 Å². The summed E-state index contributed by atoms with van der Waals surface area (Å²) in [6, 6.07) is 17.6. The standard InChI is InChI=1S/C20H24N4O.HI/c1-3-22-20(23-14-17-9-7-8-16(12-17)13-21)24-15-18-10-5-6-11-19(18)25-4-2;/h5-12H,3-4,14-15H2,1-2H3,(H2,22,23,24);1H. The average molecular weight is 464 g/mol. The van der Waals surface area contributed by atoms with Gasteiger partial charge in [0.25, 0.3) is 0 Å². The summed E-state index contributed by atoms with van der Waals surface area (Å²) in [5, 5.41) is 15.5. The summed E-state index contributed by atoms with van der Waals surface area (Å²) >= 11 is 0. The molecule has 2 N–H and O–H groups in total. The minimum Gasteiger partial charge on any atom is -0.494 e. The zero-order chi connectivity index (χ0) is 17.9. The van der Waals surface area contributed by atoms with Crippen molar-refractivity contribution in [2.75, 3.05) is 13.2 Å². The Labute approximate surface area is 172 Å². The molecular weight excluding hydrogens is 439 g/mol. The molecule has 0 amide bonds. The van der Waals surface area contributed by atoms with Crippen molar-refractivity contribution in [3.8, 4) is 11.8 Å². The molecule has 2 aromatic rings. The smallest absolute Gasteiger partial charge is 0.191 e. The van der Waals surface area contributed by atoms with Gasteiger partial charge in [0.15, 0.2) is 5.96 Å². The molecule has 5 nitrogen and oxygen atoms in total. The fraction of sp³-hybridized carbons (Fsp3) is 0.300. The van der Waals surface area contributed by atoms with Crippen LogP contribution in [0.4, 0.5) is 0 Å². The van der Waals surface area contributed by atoms with Gasteiger partial charge in [-0.25, -0.2) is 4.99 Å². The third kappa shape index (κ3) is 6.92. The zero-order valence-electron chi connectivity index (χ0n) is 15.2. The highest BCUT2D eigenvalue weighted by molar-refractivity contribution is 14.0. The van der Waals surface area contributed by atoms with Crippen LogP contribution in [0.2, 0.25) is 0 Å². The number of nitrogens with zero attached hydrogens (tertiary/aromatic N) is 2. The lowest BCUT2D eigenvalue weighted by atomic mass is 10.1. The van der Waals surface area contributed by atoms with Crippen molar-refractivity contribution in [3.05, 3.63) is 65.2 Å². The summed E-state index contributed by atoms with van der Waals surface area (Å²) in [4.78, 5) is 4.59. The van der Waals surface area contributed by atoms with Crippen LogP contribution in [0.15, 0.2) is 53.5 Å². The normalized spacial score (nSPS) is 10.4. The number of nitrogens with one attached hydrogen (secondary N) is 2. The summed E-state index contributed by atoms with van der Waals surface area (Å²) in [5.74, 6) is 1.62. The Bertz CT molecular complexity index is 755. The first kappa shape index (κ1) is 21.8. The van der Waals surface area contributed by atoms with Crippen molar-refractivity contribution >= 4 is 29.9 Å². The van der Waals surface area contributed by atoms with E-state index in [1.165, 1.54) is 0 Å². The number of rotatable bonds is 7. The number of guanidine groups is 1. The second kappa shape index (κ2) is 12.1. The van der Waals surface area contributed by atoms with Gasteiger partial charge >= 0.3 is 0 Å². The molecule has 0 heterocycles. The third-order valence-corrected chi connectivity index (χ3v) is 3.54. The summed E-state index contributed by atoms with van der Waals surface area (Å²) in [6.07, 6.45) is 0. The molecule has 0 bridgehead atoms. The Balaban J connectivity index is 0.00000338. The first-order valence-electron chi connectivity index (χ1n) is 8.48. The summed E-state index contributed by atoms with van der Waals surface area (Å²) in [6.45, 7) is 6.56. The lowest BCUT2D eigenvalue weighted by Gasteiger charge is -2.14. The minimum absolute atomic E-state index is 0. The molecule has 6 heteroatoms. The van der Waals surface area contributed by atoms with E-state index in [1.807, 2.05) is 56.3 Å². The Morgan fingerprint density at radius 1 is 1.12 bits per heavy atom. The summed E-state index contributed by atoms with van der Waals surface area (Å²) < 4.78 is 5.65. The van der Waals surface area contributed by atoms with Gasteiger partial charge in [0.1, 0.15) is 5.75 Å². The number of benzene rings is 2. The molecule has 0 saturated carbocycles. The molecule has 0 aliphatic carbocycles. The van der Waals surface area contributed by atoms with E-state index in [0.717, 1.165) is 29.4 Å². The first-order chi connectivity index (χ1) is 12.3. The van der Waals surface area contributed by atoms with Gasteiger partial charge in [-0.15, -0.1) is 24.0 Å². The second-order valence-corrected chi connectivity index (χ2v) is 5.40. The van der Waals surface area contributed by atoms with Crippen LogP contribution in [-0.2, 0) is 13.1 Å². The van der Waals surface area contributed by atoms with Crippen molar-refractivity contribution in [3.63, 3.8) is 0 Å². The molecule has 26 heavy (non-hydrogen) atoms. The van der Waals surface area contributed by atoms with Crippen LogP contribution in [0.25, 0.3) is 0 Å². The minimum atomic E-state index is 0. The molecule has 0 aliphatic heterocycles. The fourth-order valence-corrected chi connectivity index (χ4v) is 2.38. The largest absolute Gasteiger partial charge is 0.494 e. The van der Waals surface area contributed by atoms with Crippen LogP contribution < -0.4 is 15.4 Å². The predicted octanol–water partition coefficient (Wildman–Crippen LogP) is 3.83. The number of halogens is 1. The highest BCUT2D eigenvalue weighted by Gasteiger charge is 2.04. The lowest BCUT2D eigenvalue weighted by molar-refractivity contribution is 0.336. The van der Waals surface area contributed by atoms with E-state index in [1.54, 1.807) is 6.07 Å². The Kier molecular flexibility index (Phi) is 10.2. The third-order valence-electron chi connectivity index (χ3n) is 3.54. The molecular formula is C20H25IN4O. The number of aliphatic imine (C=N–C) groups is 1. The van der Waals surface area contributed by atoms with Crippen molar-refractivity contribution < 1.29 is 4.74 Å². The zero-order valence-corrected chi connectivity index (χ0v) is 17.5. The van der Waals surface area contributed by atoms with Gasteiger partial charge in [-0.1, -0.05) is 30.3 Å². The quantitative estimate of drug-likeness (QED) is 0.371. The van der Waals surface area contributed by atoms with Crippen LogP contribution in [-0.4, -0.2) is 19.1 Å². The van der Waals surface area contributed by atoms with Gasteiger partial charge in [-0.3, -0.25) is 0 Å². The van der Waals surface area contributed by atoms with Gasteiger partial charge in [-0.2, -0.15) is 5.26 Å². The monoisotopic (exact) mass is 464 g/mol. The Hall–Kier alpha value is -2.27. The molecule has 0 aliphatic rings. The summed E-state index contributed by atoms with van der Waals surface area (Å²) in [5.41, 5.74) is 2.74. The van der Waals surface area contributed by atoms with Crippen molar-refractivity contribution in [2.45, 2.75) is 26.9 Å². The fourth-order valence-electron chi connectivity index (χ4n) is 2.38. The van der Waals surface area contributed by atoms with Gasteiger partial charge in [0, 0.05) is 18.7 Å². The van der Waals surface area contributed by atoms with Gasteiger partial charge in [-0.05, 0) is 37.6 Å². The molecule has 0 atom stereocenters. The van der Waals surface area contributed by atoms with Gasteiger partial charge in [0.2, 0.25) is 0 Å². The number of hydrogen-bond donors (Lipinski definition) is 2. The Morgan fingerprint density at radius 2 is 1.92 bits per heavy atom. The Morgan fingerprint density at radius 3 is 2.65 bits per heavy atom. The van der Waals surface area contributed by atoms with E-state index in [0.29, 0.717) is 25.3 Å². The van der Waals surface area contributed by atoms with E-state index in [-0.39, 0.29) is 24.0 Å². The van der Waals surface area contributed by atoms with Crippen LogP contribution in [0.5, 0.6) is 5.75 Å². The number of nitriles is 1. The lowest BCUT2D eigenvalue weighted by Crippen LogP contribution is -2.36. The summed E-state index contributed by atoms with van der Waals surface area (Å²) in [7, 11) is 0. The number of ether oxygens (including phenoxy) is 1. The van der Waals surface area contributed by atoms with Crippen LogP contribution in [0, 0.1) is 11.3 Å². The van der Waals surface area contributed by atoms with E-state index in [9.17, 15) is 0 Å². The van der Waals surface area contributed by atoms with E-state index in [2.05, 4.69) is 21.7 Å². The van der Waals surface area contributed by atoms with E-state index in [4.69, 9.17) is 10.00 Å². The number of hydrogen-bond acceptors (Lipinski definition) is 3. The maximum absolute atomic E-state index is 8.98. The molecule has 0 spiro atoms. The van der Waals surface area contributed by atoms with Crippen molar-refractivity contribution in [1.82, 2.24) is 10.6 Å². The SMILES string of the molecule is CCNC(=NCc1cccc(C#N)c1)NCc1ccccc1OCC.I. The van der Waals surface area contributed by atoms with Crippen LogP contribution in [0.3, 0.4) is 0 Å². The van der Waals surface area contributed by atoms with E-state index < -0.39 is 0 Å².